The lowest BCUT2D eigenvalue weighted by atomic mass is 9.79. The van der Waals surface area contributed by atoms with E-state index >= 15 is 0 Å². The number of nitrogens with two attached hydrogens (primary N) is 1. The lowest BCUT2D eigenvalue weighted by Gasteiger charge is -2.33. The van der Waals surface area contributed by atoms with Crippen LogP contribution in [0.4, 0.5) is 11.8 Å². The number of aryl methyl sites for hydroxylation is 1. The lowest BCUT2D eigenvalue weighted by Crippen LogP contribution is -2.35. The Morgan fingerprint density at radius 2 is 2.00 bits per heavy atom. The zero-order valence-corrected chi connectivity index (χ0v) is 22.2. The first-order valence-corrected chi connectivity index (χ1v) is 12.7. The number of likely N-dealkylation sites (tertiary alicyclic amines) is 1. The van der Waals surface area contributed by atoms with E-state index in [2.05, 4.69) is 34.2 Å². The molecule has 1 unspecified atom stereocenters. The van der Waals surface area contributed by atoms with Crippen LogP contribution in [-0.4, -0.2) is 72.9 Å². The number of rotatable bonds is 11. The fraction of sp³-hybridized carbons (Fsp3) is 0.593. The monoisotopic (exact) mass is 499 g/mol. The zero-order chi connectivity index (χ0) is 26.2. The van der Waals surface area contributed by atoms with Crippen molar-refractivity contribution in [2.75, 3.05) is 52.0 Å². The average molecular weight is 500 g/mol. The number of hydrogen-bond donors (Lipinski definition) is 3. The van der Waals surface area contributed by atoms with Gasteiger partial charge in [0.2, 0.25) is 5.95 Å². The second kappa shape index (κ2) is 12.9. The molecule has 36 heavy (non-hydrogen) atoms. The minimum Gasteiger partial charge on any atom is -0.496 e. The molecule has 1 aromatic carbocycles. The Kier molecular flexibility index (Phi) is 9.89. The number of esters is 1. The number of benzene rings is 1. The number of carbonyl (C=O) groups excluding carboxylic acids is 1. The van der Waals surface area contributed by atoms with Gasteiger partial charge in [-0.1, -0.05) is 25.5 Å². The van der Waals surface area contributed by atoms with Crippen LogP contribution >= 0.6 is 0 Å². The summed E-state index contributed by atoms with van der Waals surface area (Å²) < 4.78 is 11.0. The van der Waals surface area contributed by atoms with Crippen LogP contribution in [0.3, 0.4) is 0 Å². The Balaban J connectivity index is 1.94. The predicted molar refractivity (Wildman–Crippen MR) is 141 cm³/mol. The molecule has 0 bridgehead atoms. The molecule has 1 aliphatic heterocycles. The van der Waals surface area contributed by atoms with Crippen LogP contribution in [-0.2, 0) is 16.0 Å². The van der Waals surface area contributed by atoms with Gasteiger partial charge in [0.05, 0.1) is 32.8 Å². The predicted octanol–water partition coefficient (Wildman–Crippen LogP) is 3.14. The summed E-state index contributed by atoms with van der Waals surface area (Å²) in [6, 6.07) is 5.85. The van der Waals surface area contributed by atoms with Crippen molar-refractivity contribution >= 4 is 17.7 Å². The maximum atomic E-state index is 12.8. The van der Waals surface area contributed by atoms with Crippen LogP contribution in [0.25, 0.3) is 0 Å². The number of hydrogen-bond acceptors (Lipinski definition) is 9. The van der Waals surface area contributed by atoms with Crippen molar-refractivity contribution in [3.05, 3.63) is 40.6 Å². The molecular formula is C27H41N5O4. The van der Waals surface area contributed by atoms with E-state index in [1.54, 1.807) is 7.11 Å². The molecule has 3 rings (SSSR count). The number of anilines is 2. The van der Waals surface area contributed by atoms with Gasteiger partial charge >= 0.3 is 5.97 Å². The number of aliphatic hydroxyl groups is 1. The molecule has 198 valence electrons. The second-order valence-corrected chi connectivity index (χ2v) is 9.70. The minimum atomic E-state index is -0.329. The van der Waals surface area contributed by atoms with Crippen LogP contribution in [0.1, 0.15) is 60.9 Å². The SMILES string of the molecule is CCC[C@@H](CO)Nc1nc(N)nc(C)c1Cc1ccc(C(C(=O)OC)C2CCN(C)CC2)cc1OC. The standard InChI is InChI=1S/C27H41N5O4/c1-6-7-21(16-33)30-25-22(17(2)29-27(28)31-25)14-19-8-9-20(15-23(19)35-4)24(26(34)36-5)18-10-12-32(3)13-11-18/h8-9,15,18,21,24,33H,6-7,10-14,16H2,1-5H3,(H3,28,29,30,31)/t21-,24?/m0/s1. The highest BCUT2D eigenvalue weighted by molar-refractivity contribution is 5.78. The molecule has 0 amide bonds. The van der Waals surface area contributed by atoms with E-state index in [4.69, 9.17) is 15.2 Å². The van der Waals surface area contributed by atoms with E-state index in [0.29, 0.717) is 18.0 Å². The molecule has 2 aromatic rings. The molecule has 1 saturated heterocycles. The summed E-state index contributed by atoms with van der Waals surface area (Å²) in [5, 5.41) is 13.1. The van der Waals surface area contributed by atoms with Gasteiger partial charge in [-0.05, 0) is 69.4 Å². The van der Waals surface area contributed by atoms with Gasteiger partial charge in [-0.3, -0.25) is 4.79 Å². The molecule has 1 aromatic heterocycles. The smallest absolute Gasteiger partial charge is 0.313 e. The van der Waals surface area contributed by atoms with Gasteiger partial charge in [0, 0.05) is 17.7 Å². The lowest BCUT2D eigenvalue weighted by molar-refractivity contribution is -0.144. The van der Waals surface area contributed by atoms with Crippen LogP contribution in [0.2, 0.25) is 0 Å². The first-order valence-electron chi connectivity index (χ1n) is 12.7. The molecule has 9 heteroatoms. The second-order valence-electron chi connectivity index (χ2n) is 9.70. The van der Waals surface area contributed by atoms with Crippen LogP contribution in [0.5, 0.6) is 5.75 Å². The van der Waals surface area contributed by atoms with E-state index in [-0.39, 0.29) is 36.4 Å². The molecular weight excluding hydrogens is 458 g/mol. The number of aromatic nitrogens is 2. The number of aliphatic hydroxyl groups excluding tert-OH is 1. The van der Waals surface area contributed by atoms with Gasteiger partial charge in [0.25, 0.3) is 0 Å². The first kappa shape index (κ1) is 27.7. The molecule has 2 atom stereocenters. The number of carbonyl (C=O) groups is 1. The van der Waals surface area contributed by atoms with Crippen molar-refractivity contribution < 1.29 is 19.4 Å². The number of nitrogens with one attached hydrogen (secondary N) is 1. The summed E-state index contributed by atoms with van der Waals surface area (Å²) >= 11 is 0. The molecule has 1 fully saturated rings. The number of methoxy groups -OCH3 is 2. The van der Waals surface area contributed by atoms with Crippen molar-refractivity contribution in [2.45, 2.75) is 57.9 Å². The van der Waals surface area contributed by atoms with Gasteiger partial charge in [-0.2, -0.15) is 4.98 Å². The first-order chi connectivity index (χ1) is 17.3. The normalized spacial score (nSPS) is 16.4. The third kappa shape index (κ3) is 6.64. The number of nitrogen functional groups attached to an aromatic ring is 1. The van der Waals surface area contributed by atoms with Gasteiger partial charge in [-0.15, -0.1) is 0 Å². The van der Waals surface area contributed by atoms with Crippen molar-refractivity contribution in [3.63, 3.8) is 0 Å². The molecule has 0 saturated carbocycles. The fourth-order valence-electron chi connectivity index (χ4n) is 5.08. The van der Waals surface area contributed by atoms with Crippen molar-refractivity contribution in [1.82, 2.24) is 14.9 Å². The average Bonchev–Trinajstić information content (AvgIpc) is 2.87. The quantitative estimate of drug-likeness (QED) is 0.400. The molecule has 0 spiro atoms. The van der Waals surface area contributed by atoms with Crippen molar-refractivity contribution in [1.29, 1.82) is 0 Å². The summed E-state index contributed by atoms with van der Waals surface area (Å²) in [6.45, 7) is 5.91. The largest absolute Gasteiger partial charge is 0.496 e. The number of nitrogens with zero attached hydrogens (tertiary/aromatic N) is 3. The number of piperidine rings is 1. The van der Waals surface area contributed by atoms with Gasteiger partial charge in [-0.25, -0.2) is 4.98 Å². The Morgan fingerprint density at radius 1 is 1.28 bits per heavy atom. The third-order valence-corrected chi connectivity index (χ3v) is 7.16. The van der Waals surface area contributed by atoms with E-state index in [0.717, 1.165) is 61.2 Å². The van der Waals surface area contributed by atoms with Crippen LogP contribution in [0, 0.1) is 12.8 Å². The van der Waals surface area contributed by atoms with Crippen LogP contribution in [0.15, 0.2) is 18.2 Å². The van der Waals surface area contributed by atoms with Gasteiger partial charge < -0.3 is 30.5 Å². The summed E-state index contributed by atoms with van der Waals surface area (Å²) in [5.41, 5.74) is 9.46. The molecule has 1 aliphatic rings. The van der Waals surface area contributed by atoms with Crippen LogP contribution < -0.4 is 15.8 Å². The summed E-state index contributed by atoms with van der Waals surface area (Å²) in [5.74, 6) is 1.20. The van der Waals surface area contributed by atoms with E-state index in [1.165, 1.54) is 7.11 Å². The maximum Gasteiger partial charge on any atom is 0.313 e. The van der Waals surface area contributed by atoms with E-state index in [1.807, 2.05) is 25.1 Å². The van der Waals surface area contributed by atoms with E-state index < -0.39 is 0 Å². The maximum absolute atomic E-state index is 12.8. The summed E-state index contributed by atoms with van der Waals surface area (Å²) in [6.07, 6.45) is 4.14. The van der Waals surface area contributed by atoms with Crippen molar-refractivity contribution in [2.24, 2.45) is 5.92 Å². The Morgan fingerprint density at radius 3 is 2.61 bits per heavy atom. The molecule has 0 radical (unpaired) electrons. The topological polar surface area (TPSA) is 123 Å². The molecule has 4 N–H and O–H groups in total. The van der Waals surface area contributed by atoms with Gasteiger partial charge in [0.1, 0.15) is 11.6 Å². The highest BCUT2D eigenvalue weighted by atomic mass is 16.5. The van der Waals surface area contributed by atoms with Gasteiger partial charge in [0.15, 0.2) is 0 Å². The summed E-state index contributed by atoms with van der Waals surface area (Å²) in [4.78, 5) is 23.9. The third-order valence-electron chi connectivity index (χ3n) is 7.16. The summed E-state index contributed by atoms with van der Waals surface area (Å²) in [7, 11) is 5.20. The van der Waals surface area contributed by atoms with Crippen molar-refractivity contribution in [3.8, 4) is 5.75 Å². The fourth-order valence-corrected chi connectivity index (χ4v) is 5.08. The highest BCUT2D eigenvalue weighted by Gasteiger charge is 2.33. The van der Waals surface area contributed by atoms with E-state index in [9.17, 15) is 9.90 Å². The zero-order valence-electron chi connectivity index (χ0n) is 22.2. The molecule has 2 heterocycles. The Hall–Kier alpha value is -2.91. The Bertz CT molecular complexity index is 1020. The number of ether oxygens (including phenoxy) is 2. The molecule has 9 nitrogen and oxygen atoms in total. The highest BCUT2D eigenvalue weighted by Crippen LogP contribution is 2.37. The molecule has 0 aliphatic carbocycles. The Labute approximate surface area is 214 Å². The minimum absolute atomic E-state index is 0.000127.